The number of aliphatic imine (C=N–C) groups is 1. The van der Waals surface area contributed by atoms with Gasteiger partial charge in [-0.25, -0.2) is 0 Å². The lowest BCUT2D eigenvalue weighted by Gasteiger charge is -1.95. The van der Waals surface area contributed by atoms with Crippen LogP contribution >= 0.6 is 12.6 Å². The van der Waals surface area contributed by atoms with E-state index >= 15 is 0 Å². The standard InChI is InChI=1S/C6H14N2S/c1-2-8-6(7)4-3-5-9/h9H,2-5H2,1H3,(H2,7,8). The molecule has 0 unspecified atom stereocenters. The predicted octanol–water partition coefficient (Wildman–Crippen LogP) is 1.07. The number of nitrogens with two attached hydrogens (primary N) is 1. The molecule has 0 saturated carbocycles. The summed E-state index contributed by atoms with van der Waals surface area (Å²) in [6, 6.07) is 0. The van der Waals surface area contributed by atoms with Gasteiger partial charge >= 0.3 is 0 Å². The molecule has 0 bridgehead atoms. The first-order chi connectivity index (χ1) is 4.31. The molecule has 0 fully saturated rings. The van der Waals surface area contributed by atoms with Crippen molar-refractivity contribution < 1.29 is 0 Å². The topological polar surface area (TPSA) is 38.4 Å². The van der Waals surface area contributed by atoms with E-state index in [2.05, 4.69) is 17.6 Å². The Hall–Kier alpha value is -0.180. The van der Waals surface area contributed by atoms with Crippen LogP contribution in [0, 0.1) is 0 Å². The van der Waals surface area contributed by atoms with Gasteiger partial charge in [0.2, 0.25) is 0 Å². The number of hydrogen-bond acceptors (Lipinski definition) is 2. The van der Waals surface area contributed by atoms with Crippen molar-refractivity contribution in [2.45, 2.75) is 19.8 Å². The predicted molar refractivity (Wildman–Crippen MR) is 45.3 cm³/mol. The van der Waals surface area contributed by atoms with Crippen LogP contribution in [0.1, 0.15) is 19.8 Å². The Labute approximate surface area is 62.0 Å². The van der Waals surface area contributed by atoms with Crippen molar-refractivity contribution in [3.05, 3.63) is 0 Å². The van der Waals surface area contributed by atoms with E-state index in [4.69, 9.17) is 5.73 Å². The molecule has 0 aliphatic carbocycles. The van der Waals surface area contributed by atoms with Crippen LogP contribution in [0.3, 0.4) is 0 Å². The summed E-state index contributed by atoms with van der Waals surface area (Å²) in [4.78, 5) is 4.02. The fourth-order valence-corrected chi connectivity index (χ4v) is 0.700. The monoisotopic (exact) mass is 146 g/mol. The van der Waals surface area contributed by atoms with Gasteiger partial charge in [-0.1, -0.05) is 0 Å². The summed E-state index contributed by atoms with van der Waals surface area (Å²) in [5.74, 6) is 1.64. The van der Waals surface area contributed by atoms with Gasteiger partial charge in [-0.2, -0.15) is 12.6 Å². The average molecular weight is 146 g/mol. The van der Waals surface area contributed by atoms with Crippen molar-refractivity contribution in [1.82, 2.24) is 0 Å². The SMILES string of the molecule is CCN=C(N)CCCS. The number of amidine groups is 1. The van der Waals surface area contributed by atoms with E-state index in [1.165, 1.54) is 0 Å². The highest BCUT2D eigenvalue weighted by molar-refractivity contribution is 7.80. The minimum absolute atomic E-state index is 0.756. The highest BCUT2D eigenvalue weighted by Crippen LogP contribution is 1.90. The number of nitrogens with zero attached hydrogens (tertiary/aromatic N) is 1. The maximum atomic E-state index is 5.49. The minimum atomic E-state index is 0.756. The summed E-state index contributed by atoms with van der Waals surface area (Å²) >= 11 is 4.05. The molecule has 0 aromatic carbocycles. The summed E-state index contributed by atoms with van der Waals surface area (Å²) in [5.41, 5.74) is 5.49. The van der Waals surface area contributed by atoms with Crippen LogP contribution in [-0.4, -0.2) is 18.1 Å². The van der Waals surface area contributed by atoms with Crippen molar-refractivity contribution in [2.24, 2.45) is 10.7 Å². The van der Waals surface area contributed by atoms with Crippen LogP contribution in [0.5, 0.6) is 0 Å². The third-order valence-corrected chi connectivity index (χ3v) is 1.27. The molecular formula is C6H14N2S. The van der Waals surface area contributed by atoms with Crippen molar-refractivity contribution in [1.29, 1.82) is 0 Å². The molecule has 0 heterocycles. The molecule has 0 rings (SSSR count). The van der Waals surface area contributed by atoms with Gasteiger partial charge in [-0.15, -0.1) is 0 Å². The molecule has 0 atom stereocenters. The van der Waals surface area contributed by atoms with Crippen molar-refractivity contribution in [3.63, 3.8) is 0 Å². The molecule has 9 heavy (non-hydrogen) atoms. The number of rotatable bonds is 4. The van der Waals surface area contributed by atoms with Gasteiger partial charge in [-0.3, -0.25) is 4.99 Å². The molecule has 0 aliphatic rings. The van der Waals surface area contributed by atoms with Gasteiger partial charge in [0.15, 0.2) is 0 Å². The molecule has 54 valence electrons. The Balaban J connectivity index is 3.25. The minimum Gasteiger partial charge on any atom is -0.387 e. The Bertz CT molecular complexity index is 91.1. The van der Waals surface area contributed by atoms with Gasteiger partial charge in [0.25, 0.3) is 0 Å². The van der Waals surface area contributed by atoms with Gasteiger partial charge in [0.1, 0.15) is 0 Å². The quantitative estimate of drug-likeness (QED) is 0.347. The normalized spacial score (nSPS) is 12.0. The van der Waals surface area contributed by atoms with E-state index in [0.29, 0.717) is 0 Å². The lowest BCUT2D eigenvalue weighted by Crippen LogP contribution is -2.11. The van der Waals surface area contributed by atoms with Crippen LogP contribution < -0.4 is 5.73 Å². The first-order valence-electron chi connectivity index (χ1n) is 3.21. The van der Waals surface area contributed by atoms with Crippen molar-refractivity contribution in [2.75, 3.05) is 12.3 Å². The second-order valence-electron chi connectivity index (χ2n) is 1.79. The smallest absolute Gasteiger partial charge is 0.0937 e. The lowest BCUT2D eigenvalue weighted by molar-refractivity contribution is 0.979. The fraction of sp³-hybridized carbons (Fsp3) is 0.833. The zero-order chi connectivity index (χ0) is 7.11. The second-order valence-corrected chi connectivity index (χ2v) is 2.24. The molecule has 0 aliphatic heterocycles. The Kier molecular flexibility index (Phi) is 5.83. The van der Waals surface area contributed by atoms with Crippen molar-refractivity contribution >= 4 is 18.5 Å². The highest BCUT2D eigenvalue weighted by atomic mass is 32.1. The molecule has 2 nitrogen and oxygen atoms in total. The summed E-state index contributed by atoms with van der Waals surface area (Å²) < 4.78 is 0. The molecule has 0 spiro atoms. The molecule has 0 aromatic rings. The molecule has 3 heteroatoms. The second kappa shape index (κ2) is 5.95. The first kappa shape index (κ1) is 8.82. The fourth-order valence-electron chi connectivity index (χ4n) is 0.542. The highest BCUT2D eigenvalue weighted by Gasteiger charge is 1.88. The largest absolute Gasteiger partial charge is 0.387 e. The maximum absolute atomic E-state index is 5.49. The van der Waals surface area contributed by atoms with Gasteiger partial charge in [0, 0.05) is 13.0 Å². The number of hydrogen-bond donors (Lipinski definition) is 2. The van der Waals surface area contributed by atoms with Gasteiger partial charge in [-0.05, 0) is 19.1 Å². The summed E-state index contributed by atoms with van der Waals surface area (Å²) in [6.07, 6.45) is 1.91. The third-order valence-electron chi connectivity index (χ3n) is 0.952. The molecular weight excluding hydrogens is 132 g/mol. The van der Waals surface area contributed by atoms with Crippen LogP contribution in [0.4, 0.5) is 0 Å². The van der Waals surface area contributed by atoms with Crippen molar-refractivity contribution in [3.8, 4) is 0 Å². The third kappa shape index (κ3) is 5.69. The zero-order valence-corrected chi connectivity index (χ0v) is 6.69. The summed E-state index contributed by atoms with van der Waals surface area (Å²) in [6.45, 7) is 2.77. The van der Waals surface area contributed by atoms with Crippen LogP contribution in [0.25, 0.3) is 0 Å². The molecule has 2 N–H and O–H groups in total. The van der Waals surface area contributed by atoms with Crippen LogP contribution in [0.15, 0.2) is 4.99 Å². The van der Waals surface area contributed by atoms with E-state index in [-0.39, 0.29) is 0 Å². The molecule has 0 radical (unpaired) electrons. The van der Waals surface area contributed by atoms with Crippen LogP contribution in [0.2, 0.25) is 0 Å². The number of thiol groups is 1. The van der Waals surface area contributed by atoms with Gasteiger partial charge < -0.3 is 5.73 Å². The first-order valence-corrected chi connectivity index (χ1v) is 3.84. The Morgan fingerprint density at radius 3 is 2.78 bits per heavy atom. The Morgan fingerprint density at radius 1 is 1.67 bits per heavy atom. The zero-order valence-electron chi connectivity index (χ0n) is 5.80. The Morgan fingerprint density at radius 2 is 2.33 bits per heavy atom. The maximum Gasteiger partial charge on any atom is 0.0937 e. The van der Waals surface area contributed by atoms with E-state index in [1.54, 1.807) is 0 Å². The van der Waals surface area contributed by atoms with E-state index in [9.17, 15) is 0 Å². The lowest BCUT2D eigenvalue weighted by atomic mass is 10.3. The molecule has 0 aromatic heterocycles. The average Bonchev–Trinajstić information content (AvgIpc) is 1.85. The van der Waals surface area contributed by atoms with E-state index < -0.39 is 0 Å². The summed E-state index contributed by atoms with van der Waals surface area (Å²) in [5, 5.41) is 0. The summed E-state index contributed by atoms with van der Waals surface area (Å²) in [7, 11) is 0. The van der Waals surface area contributed by atoms with E-state index in [1.807, 2.05) is 6.92 Å². The van der Waals surface area contributed by atoms with E-state index in [0.717, 1.165) is 31.0 Å². The molecule has 0 amide bonds. The van der Waals surface area contributed by atoms with Crippen LogP contribution in [-0.2, 0) is 0 Å². The molecule has 0 saturated heterocycles. The van der Waals surface area contributed by atoms with Gasteiger partial charge in [0.05, 0.1) is 5.84 Å².